The molecule has 24 heavy (non-hydrogen) atoms. The maximum absolute atomic E-state index is 11.9. The first-order valence-corrected chi connectivity index (χ1v) is 8.97. The molecule has 2 amide bonds. The van der Waals surface area contributed by atoms with E-state index < -0.39 is 0 Å². The lowest BCUT2D eigenvalue weighted by Gasteiger charge is -2.35. The van der Waals surface area contributed by atoms with E-state index >= 15 is 0 Å². The van der Waals surface area contributed by atoms with Gasteiger partial charge in [0.25, 0.3) is 0 Å². The molecule has 1 aliphatic rings. The number of hydrogen-bond donors (Lipinski definition) is 2. The van der Waals surface area contributed by atoms with Gasteiger partial charge in [0.1, 0.15) is 5.75 Å². The molecule has 1 heterocycles. The van der Waals surface area contributed by atoms with Crippen molar-refractivity contribution in [3.8, 4) is 5.75 Å². The van der Waals surface area contributed by atoms with Crippen molar-refractivity contribution >= 4 is 6.03 Å². The van der Waals surface area contributed by atoms with Gasteiger partial charge in [0, 0.05) is 25.7 Å². The third-order valence-electron chi connectivity index (χ3n) is 4.69. The van der Waals surface area contributed by atoms with Gasteiger partial charge in [0.05, 0.1) is 7.11 Å². The molecule has 1 unspecified atom stereocenters. The van der Waals surface area contributed by atoms with E-state index in [0.29, 0.717) is 18.5 Å². The SMILES string of the molecule is COc1ccc(CCNC(=O)NCC2CCCN(C(C)C)C2)cc1. The smallest absolute Gasteiger partial charge is 0.314 e. The molecule has 1 aromatic carbocycles. The van der Waals surface area contributed by atoms with Crippen LogP contribution in [0, 0.1) is 5.92 Å². The van der Waals surface area contributed by atoms with Gasteiger partial charge in [-0.3, -0.25) is 0 Å². The molecule has 1 saturated heterocycles. The second kappa shape index (κ2) is 9.52. The molecule has 2 N–H and O–H groups in total. The van der Waals surface area contributed by atoms with Gasteiger partial charge in [-0.25, -0.2) is 4.79 Å². The summed E-state index contributed by atoms with van der Waals surface area (Å²) < 4.78 is 5.14. The Morgan fingerprint density at radius 3 is 2.71 bits per heavy atom. The Labute approximate surface area is 145 Å². The molecule has 0 bridgehead atoms. The number of nitrogens with one attached hydrogen (secondary N) is 2. The van der Waals surface area contributed by atoms with Crippen LogP contribution in [0.15, 0.2) is 24.3 Å². The molecule has 0 aromatic heterocycles. The lowest BCUT2D eigenvalue weighted by atomic mass is 9.97. The van der Waals surface area contributed by atoms with Crippen LogP contribution in [0.1, 0.15) is 32.3 Å². The highest BCUT2D eigenvalue weighted by Gasteiger charge is 2.21. The number of methoxy groups -OCH3 is 1. The fourth-order valence-electron chi connectivity index (χ4n) is 3.15. The molecule has 5 nitrogen and oxygen atoms in total. The molecule has 1 aromatic rings. The molecule has 1 fully saturated rings. The third-order valence-corrected chi connectivity index (χ3v) is 4.69. The minimum Gasteiger partial charge on any atom is -0.497 e. The number of benzene rings is 1. The van der Waals surface area contributed by atoms with Crippen molar-refractivity contribution in [2.24, 2.45) is 5.92 Å². The maximum Gasteiger partial charge on any atom is 0.314 e. The molecular weight excluding hydrogens is 302 g/mol. The summed E-state index contributed by atoms with van der Waals surface area (Å²) in [6.45, 7) is 8.15. The van der Waals surface area contributed by atoms with E-state index in [4.69, 9.17) is 4.74 Å². The van der Waals surface area contributed by atoms with E-state index in [9.17, 15) is 4.79 Å². The highest BCUT2D eigenvalue weighted by molar-refractivity contribution is 5.73. The molecule has 5 heteroatoms. The predicted octanol–water partition coefficient (Wildman–Crippen LogP) is 2.66. The lowest BCUT2D eigenvalue weighted by molar-refractivity contribution is 0.139. The maximum atomic E-state index is 11.9. The minimum absolute atomic E-state index is 0.0646. The van der Waals surface area contributed by atoms with Crippen LogP contribution in [-0.2, 0) is 6.42 Å². The first-order valence-electron chi connectivity index (χ1n) is 8.97. The van der Waals surface area contributed by atoms with Gasteiger partial charge >= 0.3 is 6.03 Å². The number of amides is 2. The molecule has 1 atom stereocenters. The Hall–Kier alpha value is -1.75. The summed E-state index contributed by atoms with van der Waals surface area (Å²) in [5.41, 5.74) is 1.19. The Bertz CT molecular complexity index is 502. The Kier molecular flexibility index (Phi) is 7.37. The normalized spacial score (nSPS) is 18.4. The zero-order valence-electron chi connectivity index (χ0n) is 15.2. The number of urea groups is 1. The van der Waals surface area contributed by atoms with Crippen molar-refractivity contribution in [3.05, 3.63) is 29.8 Å². The number of carbonyl (C=O) groups is 1. The van der Waals surface area contributed by atoms with Gasteiger partial charge in [-0.1, -0.05) is 12.1 Å². The highest BCUT2D eigenvalue weighted by Crippen LogP contribution is 2.17. The number of rotatable bonds is 7. The number of hydrogen-bond acceptors (Lipinski definition) is 3. The molecule has 134 valence electrons. The van der Waals surface area contributed by atoms with Crippen LogP contribution in [0.5, 0.6) is 5.75 Å². The predicted molar refractivity (Wildman–Crippen MR) is 97.5 cm³/mol. The van der Waals surface area contributed by atoms with Crippen LogP contribution in [0.25, 0.3) is 0 Å². The zero-order chi connectivity index (χ0) is 17.4. The van der Waals surface area contributed by atoms with E-state index in [2.05, 4.69) is 29.4 Å². The monoisotopic (exact) mass is 333 g/mol. The van der Waals surface area contributed by atoms with Crippen LogP contribution in [0.4, 0.5) is 4.79 Å². The molecular formula is C19H31N3O2. The summed E-state index contributed by atoms with van der Waals surface area (Å²) in [5.74, 6) is 1.42. The minimum atomic E-state index is -0.0646. The molecule has 0 spiro atoms. The Morgan fingerprint density at radius 1 is 1.29 bits per heavy atom. The Morgan fingerprint density at radius 2 is 2.04 bits per heavy atom. The molecule has 0 aliphatic carbocycles. The van der Waals surface area contributed by atoms with Gasteiger partial charge < -0.3 is 20.3 Å². The summed E-state index contributed by atoms with van der Waals surface area (Å²) in [6.07, 6.45) is 3.25. The topological polar surface area (TPSA) is 53.6 Å². The van der Waals surface area contributed by atoms with E-state index in [1.807, 2.05) is 24.3 Å². The fourth-order valence-corrected chi connectivity index (χ4v) is 3.15. The highest BCUT2D eigenvalue weighted by atomic mass is 16.5. The van der Waals surface area contributed by atoms with Crippen molar-refractivity contribution < 1.29 is 9.53 Å². The van der Waals surface area contributed by atoms with Crippen molar-refractivity contribution in [2.75, 3.05) is 33.3 Å². The summed E-state index contributed by atoms with van der Waals surface area (Å²) >= 11 is 0. The van der Waals surface area contributed by atoms with Crippen molar-refractivity contribution in [1.29, 1.82) is 0 Å². The van der Waals surface area contributed by atoms with Gasteiger partial charge in [-0.05, 0) is 63.3 Å². The van der Waals surface area contributed by atoms with Crippen LogP contribution in [0.3, 0.4) is 0 Å². The van der Waals surface area contributed by atoms with E-state index in [1.54, 1.807) is 7.11 Å². The molecule has 2 rings (SSSR count). The van der Waals surface area contributed by atoms with Gasteiger partial charge in [-0.2, -0.15) is 0 Å². The first-order chi connectivity index (χ1) is 11.6. The average Bonchev–Trinajstić information content (AvgIpc) is 2.61. The standard InChI is InChI=1S/C19H31N3O2/c1-15(2)22-12-4-5-17(14-22)13-21-19(23)20-11-10-16-6-8-18(24-3)9-7-16/h6-9,15,17H,4-5,10-14H2,1-3H3,(H2,20,21,23). The van der Waals surface area contributed by atoms with Crippen LogP contribution < -0.4 is 15.4 Å². The first kappa shape index (κ1) is 18.6. The number of likely N-dealkylation sites (tertiary alicyclic amines) is 1. The van der Waals surface area contributed by atoms with Gasteiger partial charge in [0.2, 0.25) is 0 Å². The number of ether oxygens (including phenoxy) is 1. The van der Waals surface area contributed by atoms with Crippen LogP contribution >= 0.6 is 0 Å². The summed E-state index contributed by atoms with van der Waals surface area (Å²) in [4.78, 5) is 14.4. The second-order valence-electron chi connectivity index (χ2n) is 6.83. The van der Waals surface area contributed by atoms with Crippen molar-refractivity contribution in [3.63, 3.8) is 0 Å². The summed E-state index contributed by atoms with van der Waals surface area (Å²) in [5, 5.41) is 5.96. The van der Waals surface area contributed by atoms with Crippen LogP contribution in [0.2, 0.25) is 0 Å². The summed E-state index contributed by atoms with van der Waals surface area (Å²) in [6, 6.07) is 8.47. The largest absolute Gasteiger partial charge is 0.497 e. The van der Waals surface area contributed by atoms with Crippen LogP contribution in [-0.4, -0.2) is 50.3 Å². The zero-order valence-corrected chi connectivity index (χ0v) is 15.2. The fraction of sp³-hybridized carbons (Fsp3) is 0.632. The van der Waals surface area contributed by atoms with Gasteiger partial charge in [-0.15, -0.1) is 0 Å². The van der Waals surface area contributed by atoms with Gasteiger partial charge in [0.15, 0.2) is 0 Å². The molecule has 0 saturated carbocycles. The van der Waals surface area contributed by atoms with Crippen molar-refractivity contribution in [2.45, 2.75) is 39.2 Å². The quantitative estimate of drug-likeness (QED) is 0.806. The average molecular weight is 333 g/mol. The molecule has 1 aliphatic heterocycles. The lowest BCUT2D eigenvalue weighted by Crippen LogP contribution is -2.45. The summed E-state index contributed by atoms with van der Waals surface area (Å²) in [7, 11) is 1.66. The van der Waals surface area contributed by atoms with E-state index in [-0.39, 0.29) is 6.03 Å². The Balaban J connectivity index is 1.62. The van der Waals surface area contributed by atoms with E-state index in [0.717, 1.165) is 25.3 Å². The van der Waals surface area contributed by atoms with E-state index in [1.165, 1.54) is 24.9 Å². The number of nitrogens with zero attached hydrogens (tertiary/aromatic N) is 1. The third kappa shape index (κ3) is 6.04. The number of carbonyl (C=O) groups excluding carboxylic acids is 1. The van der Waals surface area contributed by atoms with Crippen molar-refractivity contribution in [1.82, 2.24) is 15.5 Å². The second-order valence-corrected chi connectivity index (χ2v) is 6.83. The number of piperidine rings is 1. The molecule has 0 radical (unpaired) electrons.